The molecule has 38 heavy (non-hydrogen) atoms. The Morgan fingerprint density at radius 2 is 0.789 bits per heavy atom. The summed E-state index contributed by atoms with van der Waals surface area (Å²) in [4.78, 5) is 24.6. The van der Waals surface area contributed by atoms with Crippen molar-refractivity contribution >= 4 is 55.3 Å². The Balaban J connectivity index is 1.60. The topological polar surface area (TPSA) is 34.1 Å². The number of carbonyl (C=O) groups is 2. The molecule has 0 aliphatic heterocycles. The van der Waals surface area contributed by atoms with E-state index in [1.165, 1.54) is 23.5 Å². The van der Waals surface area contributed by atoms with Gasteiger partial charge in [0, 0.05) is 45.9 Å². The van der Waals surface area contributed by atoms with Crippen LogP contribution in [0.25, 0.3) is 21.5 Å². The molecule has 5 aromatic carbocycles. The summed E-state index contributed by atoms with van der Waals surface area (Å²) in [6, 6.07) is 32.0. The van der Waals surface area contributed by atoms with Crippen LogP contribution in [0.4, 0.5) is 0 Å². The van der Waals surface area contributed by atoms with Crippen LogP contribution in [0.3, 0.4) is 0 Å². The van der Waals surface area contributed by atoms with E-state index in [1.807, 2.05) is 72.8 Å². The van der Waals surface area contributed by atoms with Crippen molar-refractivity contribution in [2.75, 3.05) is 0 Å². The van der Waals surface area contributed by atoms with Crippen molar-refractivity contribution in [2.24, 2.45) is 0 Å². The molecule has 0 fully saturated rings. The van der Waals surface area contributed by atoms with Gasteiger partial charge in [-0.2, -0.15) is 0 Å². The van der Waals surface area contributed by atoms with Gasteiger partial charge >= 0.3 is 0 Å². The van der Waals surface area contributed by atoms with Crippen molar-refractivity contribution in [1.29, 1.82) is 0 Å². The molecule has 2 nitrogen and oxygen atoms in total. The van der Waals surface area contributed by atoms with E-state index >= 15 is 0 Å². The lowest BCUT2D eigenvalue weighted by molar-refractivity contribution is -0.109. The summed E-state index contributed by atoms with van der Waals surface area (Å²) in [7, 11) is 0. The zero-order valence-corrected chi connectivity index (χ0v) is 22.5. The fourth-order valence-corrected chi connectivity index (χ4v) is 5.42. The van der Waals surface area contributed by atoms with Crippen molar-refractivity contribution in [3.8, 4) is 23.7 Å². The predicted molar refractivity (Wildman–Crippen MR) is 159 cm³/mol. The van der Waals surface area contributed by atoms with E-state index in [2.05, 4.69) is 47.9 Å². The Morgan fingerprint density at radius 1 is 0.474 bits per heavy atom. The lowest BCUT2D eigenvalue weighted by Crippen LogP contribution is -1.90. The van der Waals surface area contributed by atoms with E-state index in [4.69, 9.17) is 0 Å². The highest BCUT2D eigenvalue weighted by atomic mass is 32.2. The third kappa shape index (κ3) is 5.84. The molecule has 0 unspecified atom stereocenters. The Labute approximate surface area is 230 Å². The maximum Gasteiger partial charge on any atom is 0.190 e. The predicted octanol–water partition coefficient (Wildman–Crippen LogP) is 8.07. The summed E-state index contributed by atoms with van der Waals surface area (Å²) in [5.74, 6) is 13.5. The average molecular weight is 527 g/mol. The first-order valence-electron chi connectivity index (χ1n) is 12.0. The molecule has 0 bridgehead atoms. The van der Waals surface area contributed by atoms with Crippen LogP contribution in [0.2, 0.25) is 0 Å². The van der Waals surface area contributed by atoms with Gasteiger partial charge in [0.15, 0.2) is 10.2 Å². The van der Waals surface area contributed by atoms with Gasteiger partial charge in [-0.25, -0.2) is 0 Å². The standard InChI is InChI=1S/C34H22O2S2/c1-23(35)37-27-17-11-25(12-18-27)15-21-33-29-7-3-5-9-31(29)34(32-10-6-4-8-30(32)33)22-16-26-13-19-28(20-14-26)38-24(2)36/h3-14,17-20H,1-2H3. The molecule has 5 aromatic rings. The third-order valence-electron chi connectivity index (χ3n) is 5.83. The SMILES string of the molecule is CC(=O)Sc1ccc(C#Cc2c3ccccc3c(C#Cc3ccc(SC(C)=O)cc3)c3ccccc23)cc1. The number of carbonyl (C=O) groups excluding carboxylic acids is 2. The molecule has 0 saturated heterocycles. The van der Waals surface area contributed by atoms with Gasteiger partial charge in [0.25, 0.3) is 0 Å². The summed E-state index contributed by atoms with van der Waals surface area (Å²) < 4.78 is 0. The highest BCUT2D eigenvalue weighted by Crippen LogP contribution is 2.32. The van der Waals surface area contributed by atoms with Gasteiger partial charge in [-0.3, -0.25) is 9.59 Å². The largest absolute Gasteiger partial charge is 0.287 e. The van der Waals surface area contributed by atoms with Gasteiger partial charge in [0.2, 0.25) is 0 Å². The number of benzene rings is 5. The van der Waals surface area contributed by atoms with Crippen molar-refractivity contribution in [1.82, 2.24) is 0 Å². The lowest BCUT2D eigenvalue weighted by atomic mass is 9.92. The van der Waals surface area contributed by atoms with Crippen LogP contribution >= 0.6 is 23.5 Å². The van der Waals surface area contributed by atoms with Crippen LogP contribution in [-0.2, 0) is 9.59 Å². The van der Waals surface area contributed by atoms with Gasteiger partial charge in [-0.15, -0.1) is 0 Å². The van der Waals surface area contributed by atoms with E-state index < -0.39 is 0 Å². The molecule has 0 spiro atoms. The average Bonchev–Trinajstić information content (AvgIpc) is 2.91. The first kappa shape index (κ1) is 25.4. The molecule has 0 radical (unpaired) electrons. The van der Waals surface area contributed by atoms with E-state index in [1.54, 1.807) is 13.8 Å². The summed E-state index contributed by atoms with van der Waals surface area (Å²) >= 11 is 2.44. The quantitative estimate of drug-likeness (QED) is 0.132. The van der Waals surface area contributed by atoms with Gasteiger partial charge in [0.05, 0.1) is 0 Å². The van der Waals surface area contributed by atoms with Crippen molar-refractivity contribution in [3.05, 3.63) is 119 Å². The summed E-state index contributed by atoms with van der Waals surface area (Å²) in [6.45, 7) is 3.13. The van der Waals surface area contributed by atoms with Crippen LogP contribution in [0, 0.1) is 23.7 Å². The van der Waals surface area contributed by atoms with Crippen LogP contribution in [0.5, 0.6) is 0 Å². The number of hydrogen-bond acceptors (Lipinski definition) is 4. The molecule has 182 valence electrons. The maximum absolute atomic E-state index is 11.4. The second-order valence-corrected chi connectivity index (χ2v) is 11.1. The molecular formula is C34H22O2S2. The van der Waals surface area contributed by atoms with Gasteiger partial charge in [-0.1, -0.05) is 95.7 Å². The minimum Gasteiger partial charge on any atom is -0.287 e. The molecule has 0 aliphatic carbocycles. The smallest absolute Gasteiger partial charge is 0.190 e. The van der Waals surface area contributed by atoms with Gasteiger partial charge in [0.1, 0.15) is 0 Å². The van der Waals surface area contributed by atoms with E-state index in [0.717, 1.165) is 53.6 Å². The number of rotatable bonds is 2. The lowest BCUT2D eigenvalue weighted by Gasteiger charge is -2.10. The van der Waals surface area contributed by atoms with Crippen molar-refractivity contribution < 1.29 is 9.59 Å². The summed E-state index contributed by atoms with van der Waals surface area (Å²) in [6.07, 6.45) is 0. The molecular weight excluding hydrogens is 505 g/mol. The van der Waals surface area contributed by atoms with Crippen LogP contribution in [0.1, 0.15) is 36.1 Å². The molecule has 0 atom stereocenters. The third-order valence-corrected chi connectivity index (χ3v) is 7.42. The van der Waals surface area contributed by atoms with E-state index in [0.29, 0.717) is 0 Å². The molecule has 0 aromatic heterocycles. The monoisotopic (exact) mass is 526 g/mol. The number of fused-ring (bicyclic) bond motifs is 2. The second-order valence-electron chi connectivity index (χ2n) is 8.58. The van der Waals surface area contributed by atoms with Crippen molar-refractivity contribution in [2.45, 2.75) is 23.6 Å². The Morgan fingerprint density at radius 3 is 1.08 bits per heavy atom. The van der Waals surface area contributed by atoms with Crippen molar-refractivity contribution in [3.63, 3.8) is 0 Å². The number of hydrogen-bond donors (Lipinski definition) is 0. The van der Waals surface area contributed by atoms with Crippen LogP contribution in [-0.4, -0.2) is 10.2 Å². The minimum absolute atomic E-state index is 0.0639. The van der Waals surface area contributed by atoms with Crippen LogP contribution < -0.4 is 0 Å². The molecule has 0 heterocycles. The van der Waals surface area contributed by atoms with E-state index in [-0.39, 0.29) is 10.2 Å². The first-order valence-corrected chi connectivity index (χ1v) is 13.7. The highest BCUT2D eigenvalue weighted by molar-refractivity contribution is 8.13. The maximum atomic E-state index is 11.4. The fourth-order valence-electron chi connectivity index (χ4n) is 4.21. The Kier molecular flexibility index (Phi) is 7.66. The second kappa shape index (κ2) is 11.4. The first-order chi connectivity index (χ1) is 18.5. The molecule has 0 amide bonds. The molecule has 0 saturated carbocycles. The summed E-state index contributed by atoms with van der Waals surface area (Å²) in [5, 5.41) is 4.35. The van der Waals surface area contributed by atoms with Crippen LogP contribution in [0.15, 0.2) is 107 Å². The van der Waals surface area contributed by atoms with Gasteiger partial charge < -0.3 is 0 Å². The zero-order chi connectivity index (χ0) is 26.5. The highest BCUT2D eigenvalue weighted by Gasteiger charge is 2.11. The normalized spacial score (nSPS) is 10.4. The van der Waals surface area contributed by atoms with E-state index in [9.17, 15) is 9.59 Å². The molecule has 0 N–H and O–H groups in total. The molecule has 4 heteroatoms. The fraction of sp³-hybridized carbons (Fsp3) is 0.0588. The summed E-state index contributed by atoms with van der Waals surface area (Å²) in [5.41, 5.74) is 3.71. The van der Waals surface area contributed by atoms with Gasteiger partial charge in [-0.05, 0) is 70.1 Å². The zero-order valence-electron chi connectivity index (χ0n) is 20.9. The Bertz CT molecular complexity index is 1620. The molecule has 5 rings (SSSR count). The number of thioether (sulfide) groups is 2. The Hall–Kier alpha value is -4.22. The minimum atomic E-state index is 0.0639. The molecule has 0 aliphatic rings.